The molecule has 0 saturated heterocycles. The summed E-state index contributed by atoms with van der Waals surface area (Å²) >= 11 is 0. The van der Waals surface area contributed by atoms with Crippen molar-refractivity contribution in [1.82, 2.24) is 0 Å². The molecule has 0 saturated carbocycles. The lowest BCUT2D eigenvalue weighted by molar-refractivity contribution is 0.404. The van der Waals surface area contributed by atoms with E-state index < -0.39 is 23.2 Å². The number of hydrogen-bond donors (Lipinski definition) is 0. The van der Waals surface area contributed by atoms with E-state index in [9.17, 15) is 13.2 Å². The van der Waals surface area contributed by atoms with E-state index in [0.717, 1.165) is 18.2 Å². The van der Waals surface area contributed by atoms with E-state index in [4.69, 9.17) is 4.74 Å². The highest BCUT2D eigenvalue weighted by Crippen LogP contribution is 2.29. The van der Waals surface area contributed by atoms with Gasteiger partial charge >= 0.3 is 0 Å². The summed E-state index contributed by atoms with van der Waals surface area (Å²) in [4.78, 5) is 0. The summed E-state index contributed by atoms with van der Waals surface area (Å²) in [5.74, 6) is -2.58. The molecular formula is C14H11F3O. The molecule has 2 aromatic rings. The Balaban J connectivity index is 2.37. The van der Waals surface area contributed by atoms with Gasteiger partial charge in [0.15, 0.2) is 17.4 Å². The summed E-state index contributed by atoms with van der Waals surface area (Å²) in [5, 5.41) is 0. The first-order valence-corrected chi connectivity index (χ1v) is 5.37. The predicted molar refractivity (Wildman–Crippen MR) is 62.3 cm³/mol. The van der Waals surface area contributed by atoms with Gasteiger partial charge in [0.2, 0.25) is 0 Å². The van der Waals surface area contributed by atoms with Crippen molar-refractivity contribution in [2.75, 3.05) is 0 Å². The van der Waals surface area contributed by atoms with Crippen molar-refractivity contribution >= 4 is 0 Å². The third-order valence-electron chi connectivity index (χ3n) is 2.51. The molecule has 1 nitrogen and oxygen atoms in total. The van der Waals surface area contributed by atoms with Gasteiger partial charge in [0.05, 0.1) is 0 Å². The van der Waals surface area contributed by atoms with Crippen LogP contribution in [0.5, 0.6) is 11.5 Å². The highest BCUT2D eigenvalue weighted by molar-refractivity contribution is 5.36. The Labute approximate surface area is 103 Å². The standard InChI is InChI=1S/C14H11F3O/c1-8-5-12(16)14(13(17)6-8)18-10-4-3-9(2)11(15)7-10/h3-7H,1-2H3. The summed E-state index contributed by atoms with van der Waals surface area (Å²) in [6.45, 7) is 3.16. The maximum Gasteiger partial charge on any atom is 0.198 e. The van der Waals surface area contributed by atoms with Crippen LogP contribution in [0.1, 0.15) is 11.1 Å². The van der Waals surface area contributed by atoms with Gasteiger partial charge in [0.1, 0.15) is 11.6 Å². The molecule has 0 bridgehead atoms. The van der Waals surface area contributed by atoms with Crippen LogP contribution in [0.25, 0.3) is 0 Å². The van der Waals surface area contributed by atoms with Crippen LogP contribution in [0, 0.1) is 31.3 Å². The second-order valence-electron chi connectivity index (χ2n) is 4.07. The number of benzene rings is 2. The van der Waals surface area contributed by atoms with Gasteiger partial charge in [-0.1, -0.05) is 6.07 Å². The Bertz CT molecular complexity index is 571. The third-order valence-corrected chi connectivity index (χ3v) is 2.51. The fourth-order valence-corrected chi connectivity index (χ4v) is 1.54. The van der Waals surface area contributed by atoms with E-state index in [1.165, 1.54) is 12.1 Å². The summed E-state index contributed by atoms with van der Waals surface area (Å²) < 4.78 is 45.4. The molecule has 0 N–H and O–H groups in total. The molecule has 0 unspecified atom stereocenters. The van der Waals surface area contributed by atoms with Gasteiger partial charge in [-0.25, -0.2) is 13.2 Å². The quantitative estimate of drug-likeness (QED) is 0.763. The summed E-state index contributed by atoms with van der Waals surface area (Å²) in [6, 6.07) is 6.34. The zero-order valence-corrected chi connectivity index (χ0v) is 9.93. The van der Waals surface area contributed by atoms with Gasteiger partial charge in [0.25, 0.3) is 0 Å². The lowest BCUT2D eigenvalue weighted by Crippen LogP contribution is -1.94. The topological polar surface area (TPSA) is 9.23 Å². The molecular weight excluding hydrogens is 241 g/mol. The summed E-state index contributed by atoms with van der Waals surface area (Å²) in [7, 11) is 0. The molecule has 0 heterocycles. The van der Waals surface area contributed by atoms with Crippen LogP contribution < -0.4 is 4.74 Å². The minimum Gasteiger partial charge on any atom is -0.451 e. The van der Waals surface area contributed by atoms with Gasteiger partial charge in [-0.05, 0) is 43.2 Å². The zero-order valence-electron chi connectivity index (χ0n) is 9.93. The second kappa shape index (κ2) is 4.72. The summed E-state index contributed by atoms with van der Waals surface area (Å²) in [5.41, 5.74) is 0.889. The number of ether oxygens (including phenoxy) is 1. The van der Waals surface area contributed by atoms with Gasteiger partial charge in [-0.2, -0.15) is 0 Å². The largest absolute Gasteiger partial charge is 0.451 e. The number of halogens is 3. The molecule has 0 aliphatic rings. The van der Waals surface area contributed by atoms with Gasteiger partial charge in [-0.3, -0.25) is 0 Å². The van der Waals surface area contributed by atoms with Crippen molar-refractivity contribution < 1.29 is 17.9 Å². The predicted octanol–water partition coefficient (Wildman–Crippen LogP) is 4.51. The number of hydrogen-bond acceptors (Lipinski definition) is 1. The van der Waals surface area contributed by atoms with E-state index in [-0.39, 0.29) is 5.75 Å². The molecule has 4 heteroatoms. The molecule has 0 aliphatic carbocycles. The Kier molecular flexibility index (Phi) is 3.28. The van der Waals surface area contributed by atoms with Gasteiger partial charge in [-0.15, -0.1) is 0 Å². The monoisotopic (exact) mass is 252 g/mol. The fourth-order valence-electron chi connectivity index (χ4n) is 1.54. The molecule has 18 heavy (non-hydrogen) atoms. The first-order valence-electron chi connectivity index (χ1n) is 5.37. The highest BCUT2D eigenvalue weighted by atomic mass is 19.1. The second-order valence-corrected chi connectivity index (χ2v) is 4.07. The number of aryl methyl sites for hydroxylation is 2. The average Bonchev–Trinajstić information content (AvgIpc) is 2.28. The van der Waals surface area contributed by atoms with Crippen molar-refractivity contribution in [3.8, 4) is 11.5 Å². The maximum atomic E-state index is 13.5. The van der Waals surface area contributed by atoms with E-state index in [0.29, 0.717) is 11.1 Å². The highest BCUT2D eigenvalue weighted by Gasteiger charge is 2.13. The first kappa shape index (κ1) is 12.5. The third kappa shape index (κ3) is 2.47. The minimum atomic E-state index is -0.812. The molecule has 0 atom stereocenters. The lowest BCUT2D eigenvalue weighted by Gasteiger charge is -2.09. The van der Waals surface area contributed by atoms with Crippen LogP contribution >= 0.6 is 0 Å². The molecule has 2 aromatic carbocycles. The smallest absolute Gasteiger partial charge is 0.198 e. The maximum absolute atomic E-state index is 13.5. The zero-order chi connectivity index (χ0) is 13.3. The van der Waals surface area contributed by atoms with Crippen molar-refractivity contribution in [1.29, 1.82) is 0 Å². The SMILES string of the molecule is Cc1cc(F)c(Oc2ccc(C)c(F)c2)c(F)c1. The molecule has 0 aromatic heterocycles. The Hall–Kier alpha value is -1.97. The van der Waals surface area contributed by atoms with Crippen LogP contribution in [0.3, 0.4) is 0 Å². The Morgan fingerprint density at radius 1 is 0.833 bits per heavy atom. The minimum absolute atomic E-state index is 0.0553. The van der Waals surface area contributed by atoms with Gasteiger partial charge in [0, 0.05) is 6.07 Å². The first-order chi connectivity index (χ1) is 8.47. The normalized spacial score (nSPS) is 10.5. The van der Waals surface area contributed by atoms with E-state index in [1.807, 2.05) is 0 Å². The average molecular weight is 252 g/mol. The molecule has 0 fully saturated rings. The molecule has 0 radical (unpaired) electrons. The van der Waals surface area contributed by atoms with Crippen molar-refractivity contribution in [2.24, 2.45) is 0 Å². The molecule has 94 valence electrons. The Morgan fingerprint density at radius 3 is 2.00 bits per heavy atom. The van der Waals surface area contributed by atoms with Crippen LogP contribution in [0.4, 0.5) is 13.2 Å². The van der Waals surface area contributed by atoms with Crippen LogP contribution in [-0.2, 0) is 0 Å². The molecule has 2 rings (SSSR count). The molecule has 0 aliphatic heterocycles. The number of rotatable bonds is 2. The summed E-state index contributed by atoms with van der Waals surface area (Å²) in [6.07, 6.45) is 0. The van der Waals surface area contributed by atoms with Gasteiger partial charge < -0.3 is 4.74 Å². The van der Waals surface area contributed by atoms with E-state index in [1.54, 1.807) is 13.8 Å². The fraction of sp³-hybridized carbons (Fsp3) is 0.143. The molecule has 0 amide bonds. The Morgan fingerprint density at radius 2 is 1.44 bits per heavy atom. The van der Waals surface area contributed by atoms with E-state index in [2.05, 4.69) is 0 Å². The molecule has 0 spiro atoms. The lowest BCUT2D eigenvalue weighted by atomic mass is 10.2. The van der Waals surface area contributed by atoms with Crippen molar-refractivity contribution in [2.45, 2.75) is 13.8 Å². The van der Waals surface area contributed by atoms with Crippen LogP contribution in [-0.4, -0.2) is 0 Å². The van der Waals surface area contributed by atoms with Crippen LogP contribution in [0.15, 0.2) is 30.3 Å². The van der Waals surface area contributed by atoms with Crippen LogP contribution in [0.2, 0.25) is 0 Å². The van der Waals surface area contributed by atoms with Crippen molar-refractivity contribution in [3.63, 3.8) is 0 Å². The van der Waals surface area contributed by atoms with E-state index >= 15 is 0 Å². The van der Waals surface area contributed by atoms with Crippen molar-refractivity contribution in [3.05, 3.63) is 58.9 Å².